The monoisotopic (exact) mass is 424 g/mol. The van der Waals surface area contributed by atoms with Crippen LogP contribution in [-0.4, -0.2) is 48.7 Å². The zero-order chi connectivity index (χ0) is 21.2. The molecule has 5 rings (SSSR count). The van der Waals surface area contributed by atoms with E-state index < -0.39 is 0 Å². The molecule has 0 spiro atoms. The van der Waals surface area contributed by atoms with E-state index >= 15 is 0 Å². The summed E-state index contributed by atoms with van der Waals surface area (Å²) in [5.41, 5.74) is 1.34. The minimum absolute atomic E-state index is 0.0795. The van der Waals surface area contributed by atoms with Crippen LogP contribution in [0.5, 0.6) is 0 Å². The summed E-state index contributed by atoms with van der Waals surface area (Å²) in [7, 11) is 0. The summed E-state index contributed by atoms with van der Waals surface area (Å²) in [6.07, 6.45) is 3.85. The molecule has 3 aromatic rings. The molecule has 1 aliphatic heterocycles. The number of furan rings is 1. The van der Waals surface area contributed by atoms with Gasteiger partial charge in [0.15, 0.2) is 5.69 Å². The maximum atomic E-state index is 13.2. The molecule has 2 fully saturated rings. The Morgan fingerprint density at radius 3 is 2.61 bits per heavy atom. The molecule has 7 nitrogen and oxygen atoms in total. The van der Waals surface area contributed by atoms with E-state index in [4.69, 9.17) is 8.94 Å². The number of anilines is 1. The number of carbonyl (C=O) groups excluding carboxylic acids is 1. The number of amides is 1. The van der Waals surface area contributed by atoms with Gasteiger partial charge in [-0.05, 0) is 49.2 Å². The van der Waals surface area contributed by atoms with E-state index in [1.807, 2.05) is 24.3 Å². The van der Waals surface area contributed by atoms with Gasteiger partial charge in [0.1, 0.15) is 17.3 Å². The number of halogens is 1. The van der Waals surface area contributed by atoms with Crippen LogP contribution >= 0.6 is 0 Å². The molecule has 162 valence electrons. The third-order valence-electron chi connectivity index (χ3n) is 6.02. The molecule has 1 aromatic carbocycles. The molecular weight excluding hydrogens is 399 g/mol. The maximum Gasteiger partial charge on any atom is 0.273 e. The van der Waals surface area contributed by atoms with Gasteiger partial charge in [0.2, 0.25) is 0 Å². The second-order valence-corrected chi connectivity index (χ2v) is 8.13. The average molecular weight is 424 g/mol. The Hall–Kier alpha value is -3.13. The Morgan fingerprint density at radius 1 is 1.16 bits per heavy atom. The van der Waals surface area contributed by atoms with Crippen molar-refractivity contribution in [1.29, 1.82) is 0 Å². The van der Waals surface area contributed by atoms with Gasteiger partial charge in [0.05, 0.1) is 12.3 Å². The van der Waals surface area contributed by atoms with Crippen molar-refractivity contribution >= 4 is 11.6 Å². The van der Waals surface area contributed by atoms with E-state index in [2.05, 4.69) is 20.3 Å². The first-order valence-electron chi connectivity index (χ1n) is 10.7. The fourth-order valence-electron chi connectivity index (χ4n) is 4.07. The maximum absolute atomic E-state index is 13.2. The molecule has 0 radical (unpaired) electrons. The zero-order valence-corrected chi connectivity index (χ0v) is 17.2. The highest BCUT2D eigenvalue weighted by Crippen LogP contribution is 2.40. The van der Waals surface area contributed by atoms with Gasteiger partial charge in [-0.15, -0.1) is 0 Å². The first-order chi connectivity index (χ1) is 15.2. The van der Waals surface area contributed by atoms with Gasteiger partial charge in [-0.1, -0.05) is 5.16 Å². The minimum atomic E-state index is -0.239. The lowest BCUT2D eigenvalue weighted by molar-refractivity contribution is 0.0914. The third-order valence-corrected chi connectivity index (χ3v) is 6.02. The standard InChI is InChI=1S/C23H25FN4O3/c24-17-5-7-18(8-6-17)27-9-11-28(12-10-27)20(21-2-1-13-30-21)15-25-23(29)19-14-22(31-26-19)16-3-4-16/h1-2,5-8,13-14,16,20H,3-4,9-12,15H2,(H,25,29)/t20-/m0/s1. The smallest absolute Gasteiger partial charge is 0.273 e. The van der Waals surface area contributed by atoms with Crippen molar-refractivity contribution in [2.75, 3.05) is 37.6 Å². The van der Waals surface area contributed by atoms with Crippen LogP contribution in [0.3, 0.4) is 0 Å². The number of nitrogens with zero attached hydrogens (tertiary/aromatic N) is 3. The quantitative estimate of drug-likeness (QED) is 0.625. The normalized spacial score (nSPS) is 18.2. The summed E-state index contributed by atoms with van der Waals surface area (Å²) in [4.78, 5) is 17.1. The number of rotatable bonds is 7. The lowest BCUT2D eigenvalue weighted by Gasteiger charge is -2.39. The van der Waals surface area contributed by atoms with Crippen LogP contribution in [0.1, 0.15) is 46.8 Å². The van der Waals surface area contributed by atoms with Gasteiger partial charge >= 0.3 is 0 Å². The zero-order valence-electron chi connectivity index (χ0n) is 17.2. The molecule has 1 saturated carbocycles. The number of carbonyl (C=O) groups is 1. The van der Waals surface area contributed by atoms with Gasteiger partial charge < -0.3 is 19.2 Å². The summed E-state index contributed by atoms with van der Waals surface area (Å²) >= 11 is 0. The van der Waals surface area contributed by atoms with Crippen LogP contribution < -0.4 is 10.2 Å². The fourth-order valence-corrected chi connectivity index (χ4v) is 4.07. The number of hydrogen-bond donors (Lipinski definition) is 1. The predicted molar refractivity (Wildman–Crippen MR) is 112 cm³/mol. The molecule has 1 amide bonds. The molecule has 1 saturated heterocycles. The number of piperazine rings is 1. The number of nitrogens with one attached hydrogen (secondary N) is 1. The second-order valence-electron chi connectivity index (χ2n) is 8.13. The van der Waals surface area contributed by atoms with Crippen molar-refractivity contribution in [2.24, 2.45) is 0 Å². The molecule has 0 bridgehead atoms. The van der Waals surface area contributed by atoms with E-state index in [1.165, 1.54) is 12.1 Å². The largest absolute Gasteiger partial charge is 0.468 e. The lowest BCUT2D eigenvalue weighted by Crippen LogP contribution is -2.49. The van der Waals surface area contributed by atoms with E-state index in [1.54, 1.807) is 12.3 Å². The molecule has 2 aliphatic rings. The van der Waals surface area contributed by atoms with Gasteiger partial charge in [-0.3, -0.25) is 9.69 Å². The summed E-state index contributed by atoms with van der Waals surface area (Å²) in [6.45, 7) is 3.63. The van der Waals surface area contributed by atoms with Gasteiger partial charge in [0, 0.05) is 50.4 Å². The Balaban J connectivity index is 1.22. The van der Waals surface area contributed by atoms with Gasteiger partial charge in [0.25, 0.3) is 5.91 Å². The number of aromatic nitrogens is 1. The minimum Gasteiger partial charge on any atom is -0.468 e. The van der Waals surface area contributed by atoms with E-state index in [-0.39, 0.29) is 17.8 Å². The van der Waals surface area contributed by atoms with Crippen LogP contribution in [0.15, 0.2) is 57.7 Å². The summed E-state index contributed by atoms with van der Waals surface area (Å²) in [5.74, 6) is 1.56. The van der Waals surface area contributed by atoms with E-state index in [0.29, 0.717) is 18.2 Å². The highest BCUT2D eigenvalue weighted by atomic mass is 19.1. The molecule has 1 atom stereocenters. The van der Waals surface area contributed by atoms with Crippen LogP contribution in [-0.2, 0) is 0 Å². The van der Waals surface area contributed by atoms with Crippen LogP contribution in [0, 0.1) is 5.82 Å². The average Bonchev–Trinajstić information content (AvgIpc) is 3.28. The van der Waals surface area contributed by atoms with Crippen LogP contribution in [0.2, 0.25) is 0 Å². The molecule has 31 heavy (non-hydrogen) atoms. The van der Waals surface area contributed by atoms with E-state index in [0.717, 1.165) is 56.2 Å². The number of benzene rings is 1. The molecule has 1 aliphatic carbocycles. The summed E-state index contributed by atoms with van der Waals surface area (Å²) in [5, 5.41) is 6.91. The van der Waals surface area contributed by atoms with Crippen LogP contribution in [0.4, 0.5) is 10.1 Å². The van der Waals surface area contributed by atoms with Gasteiger partial charge in [-0.25, -0.2) is 4.39 Å². The molecule has 1 N–H and O–H groups in total. The molecule has 8 heteroatoms. The second kappa shape index (κ2) is 8.55. The Labute approximate surface area is 179 Å². The first-order valence-corrected chi connectivity index (χ1v) is 10.7. The molecule has 3 heterocycles. The predicted octanol–water partition coefficient (Wildman–Crippen LogP) is 3.58. The summed E-state index contributed by atoms with van der Waals surface area (Å²) < 4.78 is 24.2. The van der Waals surface area contributed by atoms with Crippen molar-refractivity contribution in [3.8, 4) is 0 Å². The fraction of sp³-hybridized carbons (Fsp3) is 0.391. The van der Waals surface area contributed by atoms with Crippen molar-refractivity contribution in [3.63, 3.8) is 0 Å². The molecular formula is C23H25FN4O3. The molecule has 2 aromatic heterocycles. The first kappa shape index (κ1) is 19.8. The molecule has 0 unspecified atom stereocenters. The Bertz CT molecular complexity index is 1010. The number of hydrogen-bond acceptors (Lipinski definition) is 6. The van der Waals surface area contributed by atoms with Crippen molar-refractivity contribution in [3.05, 3.63) is 71.8 Å². The highest BCUT2D eigenvalue weighted by molar-refractivity contribution is 5.92. The van der Waals surface area contributed by atoms with Crippen molar-refractivity contribution in [2.45, 2.75) is 24.8 Å². The third kappa shape index (κ3) is 4.49. The summed E-state index contributed by atoms with van der Waals surface area (Å²) in [6, 6.07) is 12.1. The SMILES string of the molecule is O=C(NC[C@@H](c1ccco1)N1CCN(c2ccc(F)cc2)CC1)c1cc(C2CC2)on1. The van der Waals surface area contributed by atoms with Crippen molar-refractivity contribution in [1.82, 2.24) is 15.4 Å². The van der Waals surface area contributed by atoms with Crippen molar-refractivity contribution < 1.29 is 18.1 Å². The van der Waals surface area contributed by atoms with Gasteiger partial charge in [-0.2, -0.15) is 0 Å². The highest BCUT2D eigenvalue weighted by Gasteiger charge is 2.30. The van der Waals surface area contributed by atoms with E-state index in [9.17, 15) is 9.18 Å². The topological polar surface area (TPSA) is 74.8 Å². The lowest BCUT2D eigenvalue weighted by atomic mass is 10.1. The Kier molecular flexibility index (Phi) is 5.46. The Morgan fingerprint density at radius 2 is 1.94 bits per heavy atom. The van der Waals surface area contributed by atoms with Crippen LogP contribution in [0.25, 0.3) is 0 Å².